The Kier molecular flexibility index (Phi) is 7.05. The van der Waals surface area contributed by atoms with Crippen LogP contribution in [-0.4, -0.2) is 29.9 Å². The summed E-state index contributed by atoms with van der Waals surface area (Å²) in [6.45, 7) is 0. The summed E-state index contributed by atoms with van der Waals surface area (Å²) in [5.74, 6) is 2.03. The van der Waals surface area contributed by atoms with E-state index < -0.39 is 0 Å². The van der Waals surface area contributed by atoms with E-state index in [9.17, 15) is 0 Å². The van der Waals surface area contributed by atoms with Crippen molar-refractivity contribution in [2.24, 2.45) is 0 Å². The zero-order valence-corrected chi connectivity index (χ0v) is 29.6. The molecule has 8 bridgehead atoms. The van der Waals surface area contributed by atoms with Gasteiger partial charge >= 0.3 is 17.1 Å². The van der Waals surface area contributed by atoms with Gasteiger partial charge in [0.1, 0.15) is 0 Å². The van der Waals surface area contributed by atoms with Crippen molar-refractivity contribution in [2.75, 3.05) is 0 Å². The van der Waals surface area contributed by atoms with Crippen molar-refractivity contribution in [1.29, 1.82) is 0 Å². The first kappa shape index (κ1) is 29.1. The van der Waals surface area contributed by atoms with E-state index in [0.717, 1.165) is 61.7 Å². The first-order chi connectivity index (χ1) is 21.4. The SMILES string of the molecule is Brc1ccc2c(c1)-c1nc-2nc2[n-]c(nc3nc(nc4[n-]c(n1)c1ccc(Br)cc41)-c1ccc(Br)cc1-3)c1ccc(Br)cc21.[Cu+2]. The molecule has 0 amide bonds. The molecule has 219 valence electrons. The average molecular weight is 892 g/mol. The number of hydrogen-bond donors (Lipinski definition) is 0. The molecule has 0 atom stereocenters. The minimum absolute atomic E-state index is 0. The van der Waals surface area contributed by atoms with E-state index in [-0.39, 0.29) is 17.1 Å². The van der Waals surface area contributed by atoms with Crippen molar-refractivity contribution < 1.29 is 17.1 Å². The maximum Gasteiger partial charge on any atom is 2.00 e. The number of halogens is 4. The van der Waals surface area contributed by atoms with Crippen LogP contribution in [0.5, 0.6) is 0 Å². The molecule has 4 aromatic carbocycles. The van der Waals surface area contributed by atoms with Crippen molar-refractivity contribution in [2.45, 2.75) is 0 Å². The van der Waals surface area contributed by atoms with Gasteiger partial charge in [0.25, 0.3) is 0 Å². The van der Waals surface area contributed by atoms with Gasteiger partial charge < -0.3 is 29.9 Å². The summed E-state index contributed by atoms with van der Waals surface area (Å²) in [7, 11) is 0. The second-order valence-corrected chi connectivity index (χ2v) is 13.9. The van der Waals surface area contributed by atoms with Crippen LogP contribution < -0.4 is 9.97 Å². The first-order valence-corrected chi connectivity index (χ1v) is 16.5. The molecule has 3 aromatic heterocycles. The Labute approximate surface area is 298 Å². The third-order valence-electron chi connectivity index (χ3n) is 7.55. The minimum atomic E-state index is 0. The first-order valence-electron chi connectivity index (χ1n) is 13.3. The number of rotatable bonds is 0. The van der Waals surface area contributed by atoms with Gasteiger partial charge in [-0.2, -0.15) is 0 Å². The van der Waals surface area contributed by atoms with Crippen LogP contribution in [0.4, 0.5) is 0 Å². The molecule has 0 unspecified atom stereocenters. The summed E-state index contributed by atoms with van der Waals surface area (Å²) < 4.78 is 3.63. The number of benzene rings is 4. The summed E-state index contributed by atoms with van der Waals surface area (Å²) in [5, 5.41) is 3.38. The van der Waals surface area contributed by atoms with Crippen molar-refractivity contribution >= 4 is 108 Å². The molecule has 0 saturated heterocycles. The maximum absolute atomic E-state index is 5.00. The van der Waals surface area contributed by atoms with Crippen LogP contribution in [-0.2, 0) is 17.1 Å². The zero-order chi connectivity index (χ0) is 29.7. The van der Waals surface area contributed by atoms with E-state index in [1.807, 2.05) is 72.8 Å². The molecule has 2 aliphatic rings. The van der Waals surface area contributed by atoms with Crippen LogP contribution in [0.25, 0.3) is 89.7 Å². The number of aromatic nitrogens is 8. The summed E-state index contributed by atoms with van der Waals surface area (Å²) in [5.41, 5.74) is 5.42. The van der Waals surface area contributed by atoms with Crippen LogP contribution in [0.3, 0.4) is 0 Å². The van der Waals surface area contributed by atoms with Gasteiger partial charge in [0.05, 0.1) is 23.3 Å². The Balaban J connectivity index is 0.00000300. The van der Waals surface area contributed by atoms with Gasteiger partial charge in [-0.25, -0.2) is 9.97 Å². The second-order valence-electron chi connectivity index (χ2n) is 10.2. The van der Waals surface area contributed by atoms with Gasteiger partial charge in [0, 0.05) is 62.7 Å². The molecule has 8 nitrogen and oxygen atoms in total. The van der Waals surface area contributed by atoms with Gasteiger partial charge in [0.2, 0.25) is 0 Å². The standard InChI is InChI=1S/C32H12Br4N8.Cu/c33-13-1-5-17-21(9-13)29-37-25(17)41-30-22-10-14(34)2-6-18(22)27(38-30)43-32-24-12-16(36)4-8-20(24)28(40-32)44-31-23-11-15(35)3-7-19(23)26(39-31)42-29;/h1-12H;/q-2;+2. The fraction of sp³-hybridized carbons (Fsp3) is 0. The smallest absolute Gasteiger partial charge is 0.357 e. The quantitative estimate of drug-likeness (QED) is 0.139. The number of hydrogen-bond acceptors (Lipinski definition) is 6. The predicted octanol–water partition coefficient (Wildman–Crippen LogP) is 9.17. The summed E-state index contributed by atoms with van der Waals surface area (Å²) >= 11 is 14.5. The largest absolute Gasteiger partial charge is 2.00 e. The molecule has 5 heterocycles. The molecule has 7 aromatic rings. The van der Waals surface area contributed by atoms with Gasteiger partial charge in [-0.1, -0.05) is 88.0 Å². The average Bonchev–Trinajstić information content (AvgIpc) is 3.71. The molecule has 0 N–H and O–H groups in total. The van der Waals surface area contributed by atoms with Crippen molar-refractivity contribution in [3.05, 3.63) is 90.7 Å². The van der Waals surface area contributed by atoms with E-state index in [1.165, 1.54) is 0 Å². The molecule has 13 heteroatoms. The third-order valence-corrected chi connectivity index (χ3v) is 9.52. The van der Waals surface area contributed by atoms with Crippen molar-refractivity contribution in [3.63, 3.8) is 0 Å². The van der Waals surface area contributed by atoms with Gasteiger partial charge in [0.15, 0.2) is 0 Å². The number of nitrogens with zero attached hydrogens (tertiary/aromatic N) is 8. The summed E-state index contributed by atoms with van der Waals surface area (Å²) in [6, 6.07) is 23.8. The molecule has 1 radical (unpaired) electrons. The molecule has 0 aliphatic carbocycles. The molecule has 0 saturated carbocycles. The Morgan fingerprint density at radius 3 is 1.11 bits per heavy atom. The molecule has 0 spiro atoms. The molecule has 45 heavy (non-hydrogen) atoms. The maximum atomic E-state index is 5.00. The van der Waals surface area contributed by atoms with Crippen LogP contribution in [0.1, 0.15) is 0 Å². The number of fused-ring (bicyclic) bond motifs is 20. The van der Waals surface area contributed by atoms with E-state index in [1.54, 1.807) is 0 Å². The van der Waals surface area contributed by atoms with E-state index in [2.05, 4.69) is 63.7 Å². The van der Waals surface area contributed by atoms with Crippen LogP contribution in [0.2, 0.25) is 0 Å². The minimum Gasteiger partial charge on any atom is -0.357 e. The Morgan fingerprint density at radius 1 is 0.356 bits per heavy atom. The van der Waals surface area contributed by atoms with E-state index in [0.29, 0.717) is 45.9 Å². The monoisotopic (exact) mass is 887 g/mol. The van der Waals surface area contributed by atoms with Crippen molar-refractivity contribution in [3.8, 4) is 45.6 Å². The zero-order valence-electron chi connectivity index (χ0n) is 22.3. The van der Waals surface area contributed by atoms with Crippen molar-refractivity contribution in [1.82, 2.24) is 39.9 Å². The Morgan fingerprint density at radius 2 is 0.689 bits per heavy atom. The molecule has 2 aliphatic heterocycles. The Hall–Kier alpha value is -3.32. The third kappa shape index (κ3) is 4.79. The van der Waals surface area contributed by atoms with Gasteiger partial charge in [-0.15, -0.1) is 0 Å². The second kappa shape index (κ2) is 10.9. The fourth-order valence-corrected chi connectivity index (χ4v) is 7.00. The fourth-order valence-electron chi connectivity index (χ4n) is 5.55. The Bertz CT molecular complexity index is 2400. The van der Waals surface area contributed by atoms with Crippen LogP contribution >= 0.6 is 63.7 Å². The van der Waals surface area contributed by atoms with Gasteiger partial charge in [-0.3, -0.25) is 0 Å². The topological polar surface area (TPSA) is 106 Å². The summed E-state index contributed by atoms with van der Waals surface area (Å²) in [4.78, 5) is 39.6. The van der Waals surface area contributed by atoms with E-state index in [4.69, 9.17) is 39.9 Å². The molecule has 9 rings (SSSR count). The normalized spacial score (nSPS) is 11.8. The molecular formula is C32H12Br4CuN8. The van der Waals surface area contributed by atoms with Crippen LogP contribution in [0, 0.1) is 0 Å². The molecular weight excluding hydrogens is 880 g/mol. The molecule has 0 fully saturated rings. The van der Waals surface area contributed by atoms with Gasteiger partial charge in [-0.05, 0) is 70.1 Å². The predicted molar refractivity (Wildman–Crippen MR) is 185 cm³/mol. The van der Waals surface area contributed by atoms with Crippen LogP contribution in [0.15, 0.2) is 90.7 Å². The summed E-state index contributed by atoms with van der Waals surface area (Å²) in [6.07, 6.45) is 0. The van der Waals surface area contributed by atoms with E-state index >= 15 is 0 Å².